The Hall–Kier alpha value is -1.76. The van der Waals surface area contributed by atoms with Crippen LogP contribution < -0.4 is 10.2 Å². The number of alkyl carbamates (subject to hydrolysis) is 1. The predicted octanol–water partition coefficient (Wildman–Crippen LogP) is 3.61. The highest BCUT2D eigenvalue weighted by Gasteiger charge is 2.26. The number of nitrogens with one attached hydrogen (secondary N) is 1. The Kier molecular flexibility index (Phi) is 6.10. The van der Waals surface area contributed by atoms with Crippen LogP contribution >= 0.6 is 15.9 Å². The molecular weight excluding hydrogens is 374 g/mol. The number of rotatable bonds is 4. The van der Waals surface area contributed by atoms with Gasteiger partial charge in [-0.1, -0.05) is 22.0 Å². The summed E-state index contributed by atoms with van der Waals surface area (Å²) in [5.74, 6) is 0. The predicted molar refractivity (Wildman–Crippen MR) is 97.3 cm³/mol. The van der Waals surface area contributed by atoms with Crippen molar-refractivity contribution >= 4 is 33.7 Å². The lowest BCUT2D eigenvalue weighted by Gasteiger charge is -2.35. The molecule has 0 aromatic heterocycles. The molecule has 0 spiro atoms. The first-order chi connectivity index (χ1) is 11.3. The summed E-state index contributed by atoms with van der Waals surface area (Å²) in [6.45, 7) is 7.67. The Bertz CT molecular complexity index is 601. The van der Waals surface area contributed by atoms with Crippen LogP contribution in [0.3, 0.4) is 0 Å². The Labute approximate surface area is 151 Å². The van der Waals surface area contributed by atoms with Crippen molar-refractivity contribution in [1.82, 2.24) is 10.2 Å². The fourth-order valence-electron chi connectivity index (χ4n) is 2.48. The molecule has 3 amide bonds. The number of nitrogens with zero attached hydrogens (tertiary/aromatic N) is 2. The van der Waals surface area contributed by atoms with Crippen LogP contribution in [0.15, 0.2) is 28.7 Å². The third-order valence-corrected chi connectivity index (χ3v) is 3.97. The fourth-order valence-corrected chi connectivity index (χ4v) is 2.87. The van der Waals surface area contributed by atoms with Gasteiger partial charge in [0.25, 0.3) is 0 Å². The van der Waals surface area contributed by atoms with Crippen LogP contribution in [0.1, 0.15) is 27.2 Å². The van der Waals surface area contributed by atoms with Gasteiger partial charge in [0, 0.05) is 36.3 Å². The highest BCUT2D eigenvalue weighted by Crippen LogP contribution is 2.23. The summed E-state index contributed by atoms with van der Waals surface area (Å²) in [6.07, 6.45) is 0.431. The lowest BCUT2D eigenvalue weighted by atomic mass is 10.2. The van der Waals surface area contributed by atoms with Gasteiger partial charge in [0.1, 0.15) is 5.60 Å². The molecule has 0 unspecified atom stereocenters. The van der Waals surface area contributed by atoms with Crippen molar-refractivity contribution in [2.45, 2.75) is 32.8 Å². The van der Waals surface area contributed by atoms with Gasteiger partial charge in [-0.3, -0.25) is 4.90 Å². The standard InChI is InChI=1S/C17H24BrN3O3/c1-17(2,3)24-15(22)19-8-11-20-9-5-10-21(16(20)23)14-7-4-6-13(18)12-14/h4,6-7,12H,5,8-11H2,1-3H3,(H,19,22). The zero-order chi connectivity index (χ0) is 17.7. The van der Waals surface area contributed by atoms with Crippen molar-refractivity contribution in [2.24, 2.45) is 0 Å². The number of urea groups is 1. The first-order valence-corrected chi connectivity index (χ1v) is 8.84. The van der Waals surface area contributed by atoms with Crippen LogP contribution in [-0.2, 0) is 4.74 Å². The van der Waals surface area contributed by atoms with Crippen molar-refractivity contribution in [3.63, 3.8) is 0 Å². The van der Waals surface area contributed by atoms with Crippen molar-refractivity contribution in [3.05, 3.63) is 28.7 Å². The molecule has 1 aromatic rings. The van der Waals surface area contributed by atoms with Gasteiger partial charge in [0.2, 0.25) is 0 Å². The molecule has 0 atom stereocenters. The first-order valence-electron chi connectivity index (χ1n) is 8.05. The molecule has 1 N–H and O–H groups in total. The van der Waals surface area contributed by atoms with E-state index in [2.05, 4.69) is 21.2 Å². The number of anilines is 1. The molecule has 1 aliphatic heterocycles. The monoisotopic (exact) mass is 397 g/mol. The maximum Gasteiger partial charge on any atom is 0.407 e. The largest absolute Gasteiger partial charge is 0.444 e. The van der Waals surface area contributed by atoms with Gasteiger partial charge >= 0.3 is 12.1 Å². The lowest BCUT2D eigenvalue weighted by Crippen LogP contribution is -2.51. The van der Waals surface area contributed by atoms with Crippen LogP contribution in [0.2, 0.25) is 0 Å². The van der Waals surface area contributed by atoms with Crippen molar-refractivity contribution in [2.75, 3.05) is 31.1 Å². The van der Waals surface area contributed by atoms with Gasteiger partial charge in [-0.25, -0.2) is 9.59 Å². The van der Waals surface area contributed by atoms with Gasteiger partial charge in [-0.2, -0.15) is 0 Å². The summed E-state index contributed by atoms with van der Waals surface area (Å²) < 4.78 is 6.13. The molecule has 0 radical (unpaired) electrons. The van der Waals surface area contributed by atoms with E-state index in [1.165, 1.54) is 0 Å². The highest BCUT2D eigenvalue weighted by molar-refractivity contribution is 9.10. The van der Waals surface area contributed by atoms with Crippen LogP contribution in [0.25, 0.3) is 0 Å². The first kappa shape index (κ1) is 18.6. The third-order valence-electron chi connectivity index (χ3n) is 3.48. The van der Waals surface area contributed by atoms with E-state index in [4.69, 9.17) is 4.74 Å². The zero-order valence-electron chi connectivity index (χ0n) is 14.3. The molecule has 0 bridgehead atoms. The molecule has 24 heavy (non-hydrogen) atoms. The van der Waals surface area contributed by atoms with Gasteiger partial charge < -0.3 is 15.0 Å². The summed E-state index contributed by atoms with van der Waals surface area (Å²) in [4.78, 5) is 27.8. The van der Waals surface area contributed by atoms with Crippen LogP contribution in [0.4, 0.5) is 15.3 Å². The third kappa shape index (κ3) is 5.40. The van der Waals surface area contributed by atoms with Gasteiger partial charge in [-0.05, 0) is 45.4 Å². The molecule has 132 valence electrons. The second kappa shape index (κ2) is 7.88. The normalized spacial score (nSPS) is 15.4. The molecule has 2 rings (SSSR count). The minimum absolute atomic E-state index is 0.0367. The summed E-state index contributed by atoms with van der Waals surface area (Å²) in [5, 5.41) is 2.69. The number of halogens is 1. The van der Waals surface area contributed by atoms with Gasteiger partial charge in [0.05, 0.1) is 0 Å². The zero-order valence-corrected chi connectivity index (χ0v) is 15.9. The SMILES string of the molecule is CC(C)(C)OC(=O)NCCN1CCCN(c2cccc(Br)c2)C1=O. The van der Waals surface area contributed by atoms with E-state index in [1.54, 1.807) is 9.80 Å². The second-order valence-corrected chi connectivity index (χ2v) is 7.60. The molecule has 1 fully saturated rings. The summed E-state index contributed by atoms with van der Waals surface area (Å²) in [7, 11) is 0. The molecule has 0 aliphatic carbocycles. The molecule has 1 aliphatic rings. The van der Waals surface area contributed by atoms with E-state index < -0.39 is 11.7 Å². The molecule has 6 nitrogen and oxygen atoms in total. The molecular formula is C17H24BrN3O3. The Morgan fingerprint density at radius 1 is 1.33 bits per heavy atom. The minimum atomic E-state index is -0.525. The topological polar surface area (TPSA) is 61.9 Å². The second-order valence-electron chi connectivity index (χ2n) is 6.68. The van der Waals surface area contributed by atoms with E-state index in [0.29, 0.717) is 26.2 Å². The maximum absolute atomic E-state index is 12.6. The summed E-state index contributed by atoms with van der Waals surface area (Å²) in [5.41, 5.74) is 0.349. The average molecular weight is 398 g/mol. The summed E-state index contributed by atoms with van der Waals surface area (Å²) in [6, 6.07) is 7.66. The highest BCUT2D eigenvalue weighted by atomic mass is 79.9. The summed E-state index contributed by atoms with van der Waals surface area (Å²) >= 11 is 3.43. The van der Waals surface area contributed by atoms with E-state index >= 15 is 0 Å². The maximum atomic E-state index is 12.6. The molecule has 0 saturated carbocycles. The number of carbonyl (C=O) groups is 2. The smallest absolute Gasteiger partial charge is 0.407 e. The molecule has 7 heteroatoms. The van der Waals surface area contributed by atoms with Crippen molar-refractivity contribution < 1.29 is 14.3 Å². The number of amides is 3. The number of hydrogen-bond donors (Lipinski definition) is 1. The Morgan fingerprint density at radius 2 is 2.08 bits per heavy atom. The van der Waals surface area contributed by atoms with E-state index in [1.807, 2.05) is 45.0 Å². The number of ether oxygens (including phenoxy) is 1. The van der Waals surface area contributed by atoms with Crippen LogP contribution in [-0.4, -0.2) is 48.8 Å². The molecule has 1 aromatic carbocycles. The van der Waals surface area contributed by atoms with Crippen molar-refractivity contribution in [1.29, 1.82) is 0 Å². The number of hydrogen-bond acceptors (Lipinski definition) is 3. The van der Waals surface area contributed by atoms with Gasteiger partial charge in [0.15, 0.2) is 0 Å². The molecule has 1 heterocycles. The quantitative estimate of drug-likeness (QED) is 0.843. The number of carbonyl (C=O) groups excluding carboxylic acids is 2. The van der Waals surface area contributed by atoms with E-state index in [0.717, 1.165) is 16.6 Å². The van der Waals surface area contributed by atoms with Gasteiger partial charge in [-0.15, -0.1) is 0 Å². The molecule has 1 saturated heterocycles. The van der Waals surface area contributed by atoms with Crippen LogP contribution in [0, 0.1) is 0 Å². The lowest BCUT2D eigenvalue weighted by molar-refractivity contribution is 0.0523. The Morgan fingerprint density at radius 3 is 2.75 bits per heavy atom. The van der Waals surface area contributed by atoms with E-state index in [-0.39, 0.29) is 6.03 Å². The van der Waals surface area contributed by atoms with Crippen molar-refractivity contribution in [3.8, 4) is 0 Å². The average Bonchev–Trinajstić information content (AvgIpc) is 2.47. The fraction of sp³-hybridized carbons (Fsp3) is 0.529. The van der Waals surface area contributed by atoms with E-state index in [9.17, 15) is 9.59 Å². The number of benzene rings is 1. The van der Waals surface area contributed by atoms with Crippen LogP contribution in [0.5, 0.6) is 0 Å². The minimum Gasteiger partial charge on any atom is -0.444 e. The Balaban J connectivity index is 1.88.